The first-order chi connectivity index (χ1) is 15.2. The molecule has 31 heavy (non-hydrogen) atoms. The van der Waals surface area contributed by atoms with Crippen molar-refractivity contribution in [1.82, 2.24) is 14.9 Å². The SMILES string of the molecule is O=C(C1CC1COc1cccc2ncsc12)N1CC2CCC(C1)N2c1ccncc1F. The van der Waals surface area contributed by atoms with Gasteiger partial charge in [-0.15, -0.1) is 11.3 Å². The monoisotopic (exact) mass is 438 g/mol. The molecule has 4 unspecified atom stereocenters. The van der Waals surface area contributed by atoms with E-state index in [1.807, 2.05) is 28.6 Å². The Morgan fingerprint density at radius 3 is 2.87 bits per heavy atom. The van der Waals surface area contributed by atoms with Crippen LogP contribution in [0.4, 0.5) is 10.1 Å². The van der Waals surface area contributed by atoms with Crippen LogP contribution in [0.25, 0.3) is 10.2 Å². The van der Waals surface area contributed by atoms with Gasteiger partial charge in [0.2, 0.25) is 5.91 Å². The number of carbonyl (C=O) groups is 1. The van der Waals surface area contributed by atoms with Gasteiger partial charge in [-0.2, -0.15) is 0 Å². The lowest BCUT2D eigenvalue weighted by atomic mass is 10.1. The molecule has 8 heteroatoms. The molecule has 1 amide bonds. The second kappa shape index (κ2) is 7.44. The molecule has 6 rings (SSSR count). The van der Waals surface area contributed by atoms with Crippen LogP contribution in [0.15, 0.2) is 42.2 Å². The summed E-state index contributed by atoms with van der Waals surface area (Å²) in [6, 6.07) is 8.00. The van der Waals surface area contributed by atoms with Crippen LogP contribution in [0.2, 0.25) is 0 Å². The molecule has 6 nitrogen and oxygen atoms in total. The molecular weight excluding hydrogens is 415 g/mol. The van der Waals surface area contributed by atoms with E-state index in [1.54, 1.807) is 23.6 Å². The van der Waals surface area contributed by atoms with Gasteiger partial charge in [-0.05, 0) is 37.5 Å². The number of rotatable bonds is 5. The topological polar surface area (TPSA) is 58.6 Å². The first-order valence-electron chi connectivity index (χ1n) is 10.8. The van der Waals surface area contributed by atoms with Gasteiger partial charge in [0.15, 0.2) is 5.82 Å². The molecule has 0 spiro atoms. The number of hydrogen-bond donors (Lipinski definition) is 0. The molecule has 0 N–H and O–H groups in total. The van der Waals surface area contributed by atoms with Crippen LogP contribution in [-0.4, -0.2) is 52.6 Å². The van der Waals surface area contributed by atoms with Crippen molar-refractivity contribution in [2.45, 2.75) is 31.3 Å². The van der Waals surface area contributed by atoms with Crippen molar-refractivity contribution in [3.05, 3.63) is 48.0 Å². The number of fused-ring (bicyclic) bond motifs is 3. The summed E-state index contributed by atoms with van der Waals surface area (Å²) in [4.78, 5) is 25.5. The van der Waals surface area contributed by atoms with Crippen LogP contribution in [0.5, 0.6) is 5.75 Å². The van der Waals surface area contributed by atoms with Crippen molar-refractivity contribution in [1.29, 1.82) is 0 Å². The highest BCUT2D eigenvalue weighted by Gasteiger charge is 2.49. The molecule has 2 aliphatic heterocycles. The number of benzene rings is 1. The molecule has 3 aromatic rings. The molecule has 3 fully saturated rings. The number of carbonyl (C=O) groups excluding carboxylic acids is 1. The summed E-state index contributed by atoms with van der Waals surface area (Å²) in [6.45, 7) is 1.89. The van der Waals surface area contributed by atoms with Crippen LogP contribution in [0.1, 0.15) is 19.3 Å². The third-order valence-corrected chi connectivity index (χ3v) is 7.69. The standard InChI is InChI=1S/C23H23FN4O2S/c24-18-9-25-7-6-20(18)28-15-4-5-16(28)11-27(10-15)23(29)17-8-14(17)12-30-21-3-1-2-19-22(21)31-13-26-19/h1-3,6-7,9,13-17H,4-5,8,10-12H2. The second-order valence-corrected chi connectivity index (χ2v) is 9.59. The predicted octanol–water partition coefficient (Wildman–Crippen LogP) is 3.73. The van der Waals surface area contributed by atoms with Crippen LogP contribution in [-0.2, 0) is 4.79 Å². The number of halogens is 1. The van der Waals surface area contributed by atoms with E-state index in [0.29, 0.717) is 25.4 Å². The van der Waals surface area contributed by atoms with Gasteiger partial charge in [-0.3, -0.25) is 9.78 Å². The number of pyridine rings is 1. The maximum absolute atomic E-state index is 14.3. The van der Waals surface area contributed by atoms with Crippen molar-refractivity contribution in [2.75, 3.05) is 24.6 Å². The summed E-state index contributed by atoms with van der Waals surface area (Å²) in [6.07, 6.45) is 5.77. The summed E-state index contributed by atoms with van der Waals surface area (Å²) >= 11 is 1.58. The zero-order valence-electron chi connectivity index (χ0n) is 17.0. The molecule has 1 aliphatic carbocycles. The fourth-order valence-electron chi connectivity index (χ4n) is 5.19. The lowest BCUT2D eigenvalue weighted by Crippen LogP contribution is -2.56. The summed E-state index contributed by atoms with van der Waals surface area (Å²) in [7, 11) is 0. The first kappa shape index (κ1) is 19.0. The van der Waals surface area contributed by atoms with E-state index in [1.165, 1.54) is 6.20 Å². The molecule has 4 atom stereocenters. The molecule has 3 aliphatic rings. The number of amides is 1. The molecule has 4 heterocycles. The quantitative estimate of drug-likeness (QED) is 0.608. The minimum atomic E-state index is -0.283. The Morgan fingerprint density at radius 1 is 1.23 bits per heavy atom. The average Bonchev–Trinajstić information content (AvgIpc) is 3.31. The zero-order chi connectivity index (χ0) is 20.9. The van der Waals surface area contributed by atoms with Crippen molar-refractivity contribution < 1.29 is 13.9 Å². The van der Waals surface area contributed by atoms with E-state index >= 15 is 0 Å². The third kappa shape index (κ3) is 3.33. The number of likely N-dealkylation sites (tertiary alicyclic amines) is 1. The van der Waals surface area contributed by atoms with Gasteiger partial charge in [0, 0.05) is 43.2 Å². The molecule has 1 saturated carbocycles. The lowest BCUT2D eigenvalue weighted by Gasteiger charge is -2.42. The minimum Gasteiger partial charge on any atom is -0.492 e. The number of hydrogen-bond acceptors (Lipinski definition) is 6. The summed E-state index contributed by atoms with van der Waals surface area (Å²) in [5.41, 5.74) is 3.39. The van der Waals surface area contributed by atoms with Crippen LogP contribution < -0.4 is 9.64 Å². The minimum absolute atomic E-state index is 0.0456. The van der Waals surface area contributed by atoms with Gasteiger partial charge in [0.25, 0.3) is 0 Å². The normalized spacial score (nSPS) is 27.0. The smallest absolute Gasteiger partial charge is 0.226 e. The Hall–Kier alpha value is -2.74. The number of ether oxygens (including phenoxy) is 1. The average molecular weight is 439 g/mol. The van der Waals surface area contributed by atoms with Gasteiger partial charge in [0.05, 0.1) is 34.2 Å². The molecule has 2 bridgehead atoms. The van der Waals surface area contributed by atoms with E-state index in [9.17, 15) is 9.18 Å². The number of nitrogens with zero attached hydrogens (tertiary/aromatic N) is 4. The summed E-state index contributed by atoms with van der Waals surface area (Å²) < 4.78 is 21.4. The Morgan fingerprint density at radius 2 is 2.06 bits per heavy atom. The Bertz CT molecular complexity index is 1120. The molecule has 2 saturated heterocycles. The van der Waals surface area contributed by atoms with E-state index < -0.39 is 0 Å². The number of thiazole rings is 1. The highest BCUT2D eigenvalue weighted by Crippen LogP contribution is 2.43. The molecular formula is C23H23FN4O2S. The zero-order valence-corrected chi connectivity index (χ0v) is 17.8. The number of piperazine rings is 1. The fraction of sp³-hybridized carbons (Fsp3) is 0.435. The van der Waals surface area contributed by atoms with Crippen molar-refractivity contribution >= 4 is 33.1 Å². The predicted molar refractivity (Wildman–Crippen MR) is 117 cm³/mol. The van der Waals surface area contributed by atoms with Gasteiger partial charge in [-0.25, -0.2) is 9.37 Å². The van der Waals surface area contributed by atoms with Crippen LogP contribution in [0.3, 0.4) is 0 Å². The van der Waals surface area contributed by atoms with E-state index in [2.05, 4.69) is 14.9 Å². The van der Waals surface area contributed by atoms with Gasteiger partial charge < -0.3 is 14.5 Å². The van der Waals surface area contributed by atoms with Gasteiger partial charge in [-0.1, -0.05) is 6.07 Å². The Balaban J connectivity index is 1.08. The molecule has 1 aromatic carbocycles. The van der Waals surface area contributed by atoms with Gasteiger partial charge >= 0.3 is 0 Å². The number of aromatic nitrogens is 2. The first-order valence-corrected chi connectivity index (χ1v) is 11.7. The molecule has 2 aromatic heterocycles. The van der Waals surface area contributed by atoms with E-state index in [4.69, 9.17) is 4.74 Å². The van der Waals surface area contributed by atoms with Crippen molar-refractivity contribution in [2.24, 2.45) is 11.8 Å². The summed E-state index contributed by atoms with van der Waals surface area (Å²) in [5, 5.41) is 0. The third-order valence-electron chi connectivity index (χ3n) is 6.84. The van der Waals surface area contributed by atoms with Crippen LogP contribution in [0, 0.1) is 17.7 Å². The highest BCUT2D eigenvalue weighted by atomic mass is 32.1. The Labute approximate surface area is 183 Å². The van der Waals surface area contributed by atoms with Crippen molar-refractivity contribution in [3.63, 3.8) is 0 Å². The van der Waals surface area contributed by atoms with Crippen LogP contribution >= 0.6 is 11.3 Å². The maximum Gasteiger partial charge on any atom is 0.226 e. The fourth-order valence-corrected chi connectivity index (χ4v) is 5.95. The highest BCUT2D eigenvalue weighted by molar-refractivity contribution is 7.17. The second-order valence-electron chi connectivity index (χ2n) is 8.73. The van der Waals surface area contributed by atoms with E-state index in [0.717, 1.165) is 35.2 Å². The van der Waals surface area contributed by atoms with Gasteiger partial charge in [0.1, 0.15) is 5.75 Å². The largest absolute Gasteiger partial charge is 0.492 e. The Kier molecular flexibility index (Phi) is 4.56. The molecule has 0 radical (unpaired) electrons. The summed E-state index contributed by atoms with van der Waals surface area (Å²) in [5.74, 6) is 1.11. The number of anilines is 1. The maximum atomic E-state index is 14.3. The molecule has 160 valence electrons. The van der Waals surface area contributed by atoms with Crippen molar-refractivity contribution in [3.8, 4) is 5.75 Å². The van der Waals surface area contributed by atoms with E-state index in [-0.39, 0.29) is 35.6 Å². The lowest BCUT2D eigenvalue weighted by molar-refractivity contribution is -0.134.